The van der Waals surface area contributed by atoms with Crippen LogP contribution in [0.4, 0.5) is 0 Å². The van der Waals surface area contributed by atoms with Crippen LogP contribution in [0.15, 0.2) is 24.3 Å². The van der Waals surface area contributed by atoms with E-state index in [0.717, 1.165) is 44.9 Å². The molecule has 0 aromatic rings. The molecule has 0 aromatic heterocycles. The van der Waals surface area contributed by atoms with Gasteiger partial charge in [-0.15, -0.1) is 0 Å². The minimum atomic E-state index is -4.62. The fourth-order valence-corrected chi connectivity index (χ4v) is 7.49. The Balaban J connectivity index is 4.11. The van der Waals surface area contributed by atoms with Gasteiger partial charge in [-0.3, -0.25) is 18.6 Å². The summed E-state index contributed by atoms with van der Waals surface area (Å²) in [5.74, 6) is -1.78. The normalized spacial score (nSPS) is 14.0. The van der Waals surface area contributed by atoms with Crippen molar-refractivity contribution in [3.05, 3.63) is 24.3 Å². The maximum Gasteiger partial charge on any atom is 0.472 e. The van der Waals surface area contributed by atoms with Crippen LogP contribution in [0.25, 0.3) is 0 Å². The summed E-state index contributed by atoms with van der Waals surface area (Å²) >= 11 is 0. The SMILES string of the molecule is CCCCC/C=C\CCCCCCCCOCC(COP(=O)(O)OCC(N)C(=O)O)OC(=O)CCCCCCCCCCCCC/C=C\CCCCCCCCCC. The second-order valence-corrected chi connectivity index (χ2v) is 17.7. The van der Waals surface area contributed by atoms with Crippen molar-refractivity contribution in [3.8, 4) is 0 Å². The van der Waals surface area contributed by atoms with Crippen LogP contribution in [-0.2, 0) is 32.7 Å². The van der Waals surface area contributed by atoms with Crippen LogP contribution in [0.2, 0.25) is 0 Å². The Kier molecular flexibility index (Phi) is 42.4. The number of carbonyl (C=O) groups excluding carboxylic acids is 1. The summed E-state index contributed by atoms with van der Waals surface area (Å²) in [5, 5.41) is 8.90. The monoisotopic (exact) mass is 844 g/mol. The Hall–Kier alpha value is -1.55. The Morgan fingerprint density at radius 2 is 0.897 bits per heavy atom. The molecule has 0 rings (SSSR count). The van der Waals surface area contributed by atoms with Crippen molar-refractivity contribution in [3.63, 3.8) is 0 Å². The summed E-state index contributed by atoms with van der Waals surface area (Å²) in [6.45, 7) is 3.87. The molecule has 3 atom stereocenters. The highest BCUT2D eigenvalue weighted by atomic mass is 31.2. The van der Waals surface area contributed by atoms with Crippen molar-refractivity contribution in [2.45, 2.75) is 238 Å². The van der Waals surface area contributed by atoms with E-state index in [1.54, 1.807) is 0 Å². The number of allylic oxidation sites excluding steroid dienone is 4. The van der Waals surface area contributed by atoms with Gasteiger partial charge in [-0.1, -0.05) is 179 Å². The highest BCUT2D eigenvalue weighted by Gasteiger charge is 2.27. The van der Waals surface area contributed by atoms with Gasteiger partial charge in [0.05, 0.1) is 19.8 Å². The minimum absolute atomic E-state index is 0.0153. The van der Waals surface area contributed by atoms with E-state index in [4.69, 9.17) is 29.4 Å². The maximum absolute atomic E-state index is 12.7. The molecule has 11 heteroatoms. The van der Waals surface area contributed by atoms with Gasteiger partial charge in [-0.05, 0) is 64.2 Å². The molecule has 0 bridgehead atoms. The van der Waals surface area contributed by atoms with Crippen LogP contribution in [0.3, 0.4) is 0 Å². The van der Waals surface area contributed by atoms with Crippen LogP contribution >= 0.6 is 7.82 Å². The summed E-state index contributed by atoms with van der Waals surface area (Å²) in [4.78, 5) is 33.6. The number of aliphatic carboxylic acids is 1. The largest absolute Gasteiger partial charge is 0.480 e. The summed E-state index contributed by atoms with van der Waals surface area (Å²) in [6.07, 6.45) is 48.1. The molecule has 0 aliphatic carbocycles. The number of phosphoric ester groups is 1. The number of hydrogen-bond donors (Lipinski definition) is 3. The van der Waals surface area contributed by atoms with Gasteiger partial charge in [0, 0.05) is 13.0 Å². The number of carbonyl (C=O) groups is 2. The number of ether oxygens (including phenoxy) is 2. The molecule has 3 unspecified atom stereocenters. The van der Waals surface area contributed by atoms with Crippen molar-refractivity contribution >= 4 is 19.8 Å². The first-order valence-corrected chi connectivity index (χ1v) is 25.4. The molecule has 0 radical (unpaired) electrons. The third-order valence-electron chi connectivity index (χ3n) is 10.5. The van der Waals surface area contributed by atoms with Gasteiger partial charge in [-0.2, -0.15) is 0 Å². The predicted molar refractivity (Wildman–Crippen MR) is 240 cm³/mol. The van der Waals surface area contributed by atoms with Gasteiger partial charge in [0.15, 0.2) is 0 Å². The second kappa shape index (κ2) is 43.5. The van der Waals surface area contributed by atoms with Gasteiger partial charge < -0.3 is 25.2 Å². The zero-order chi connectivity index (χ0) is 42.6. The van der Waals surface area contributed by atoms with Gasteiger partial charge in [0.1, 0.15) is 12.1 Å². The topological polar surface area (TPSA) is 155 Å². The fourth-order valence-electron chi connectivity index (χ4n) is 6.71. The van der Waals surface area contributed by atoms with Crippen LogP contribution in [0.1, 0.15) is 226 Å². The third kappa shape index (κ3) is 42.6. The van der Waals surface area contributed by atoms with Crippen molar-refractivity contribution in [2.75, 3.05) is 26.4 Å². The van der Waals surface area contributed by atoms with Crippen molar-refractivity contribution < 1.29 is 42.7 Å². The molecule has 0 aliphatic heterocycles. The zero-order valence-corrected chi connectivity index (χ0v) is 38.3. The van der Waals surface area contributed by atoms with Crippen LogP contribution in [-0.4, -0.2) is 60.5 Å². The Morgan fingerprint density at radius 1 is 0.534 bits per heavy atom. The third-order valence-corrected chi connectivity index (χ3v) is 11.4. The van der Waals surface area contributed by atoms with E-state index in [1.807, 2.05) is 0 Å². The smallest absolute Gasteiger partial charge is 0.472 e. The molecular formula is C47H90NO9P. The molecule has 10 nitrogen and oxygen atoms in total. The second-order valence-electron chi connectivity index (χ2n) is 16.2. The first kappa shape index (κ1) is 56.5. The molecule has 0 spiro atoms. The first-order chi connectivity index (χ1) is 28.2. The lowest BCUT2D eigenvalue weighted by atomic mass is 10.0. The van der Waals surface area contributed by atoms with Crippen molar-refractivity contribution in [1.29, 1.82) is 0 Å². The average Bonchev–Trinajstić information content (AvgIpc) is 3.20. The lowest BCUT2D eigenvalue weighted by molar-refractivity contribution is -0.154. The number of nitrogens with two attached hydrogens (primary N) is 1. The van der Waals surface area contributed by atoms with E-state index in [-0.39, 0.29) is 13.0 Å². The number of hydrogen-bond acceptors (Lipinski definition) is 8. The highest BCUT2D eigenvalue weighted by molar-refractivity contribution is 7.47. The summed E-state index contributed by atoms with van der Waals surface area (Å²) in [5.41, 5.74) is 5.36. The number of esters is 1. The van der Waals surface area contributed by atoms with E-state index < -0.39 is 45.1 Å². The fraction of sp³-hybridized carbons (Fsp3) is 0.872. The summed E-state index contributed by atoms with van der Waals surface area (Å²) in [7, 11) is -4.62. The molecule has 0 amide bonds. The summed E-state index contributed by atoms with van der Waals surface area (Å²) in [6, 6.07) is -1.47. The van der Waals surface area contributed by atoms with Gasteiger partial charge in [0.2, 0.25) is 0 Å². The maximum atomic E-state index is 12.7. The minimum Gasteiger partial charge on any atom is -0.480 e. The lowest BCUT2D eigenvalue weighted by Gasteiger charge is -2.20. The standard InChI is InChI=1S/C47H90NO9P/c1-3-5-7-9-11-13-15-17-18-19-20-21-22-23-24-25-26-27-29-31-33-35-37-39-46(49)57-44(42-55-58(52,53)56-43-45(48)47(50)51)41-54-40-38-36-34-32-30-28-16-14-12-10-8-6-4-2/h12,14,19-20,44-45H,3-11,13,15-18,21-43,48H2,1-2H3,(H,50,51)(H,52,53)/b14-12-,20-19-. The van der Waals surface area contributed by atoms with E-state index >= 15 is 0 Å². The molecule has 0 saturated heterocycles. The molecule has 342 valence electrons. The molecule has 0 fully saturated rings. The van der Waals surface area contributed by atoms with Gasteiger partial charge in [0.25, 0.3) is 0 Å². The zero-order valence-electron chi connectivity index (χ0n) is 37.4. The van der Waals surface area contributed by atoms with Crippen LogP contribution in [0, 0.1) is 0 Å². The molecule has 4 N–H and O–H groups in total. The molecule has 0 aliphatic rings. The van der Waals surface area contributed by atoms with E-state index in [2.05, 4.69) is 38.2 Å². The van der Waals surface area contributed by atoms with E-state index in [0.29, 0.717) is 13.0 Å². The Morgan fingerprint density at radius 3 is 1.34 bits per heavy atom. The molecule has 58 heavy (non-hydrogen) atoms. The lowest BCUT2D eigenvalue weighted by Crippen LogP contribution is -2.34. The number of rotatable bonds is 46. The number of carboxylic acid groups (broad SMARTS) is 1. The predicted octanol–water partition coefficient (Wildman–Crippen LogP) is 13.5. The van der Waals surface area contributed by atoms with E-state index in [1.165, 1.54) is 154 Å². The summed E-state index contributed by atoms with van der Waals surface area (Å²) < 4.78 is 33.4. The average molecular weight is 844 g/mol. The molecule has 0 heterocycles. The highest BCUT2D eigenvalue weighted by Crippen LogP contribution is 2.43. The van der Waals surface area contributed by atoms with Crippen molar-refractivity contribution in [2.24, 2.45) is 5.73 Å². The van der Waals surface area contributed by atoms with Crippen LogP contribution < -0.4 is 5.73 Å². The number of carboxylic acids is 1. The molecule has 0 aromatic carbocycles. The Bertz CT molecular complexity index is 1020. The quantitative estimate of drug-likeness (QED) is 0.0233. The number of unbranched alkanes of at least 4 members (excludes halogenated alkanes) is 28. The number of phosphoric acid groups is 1. The van der Waals surface area contributed by atoms with Crippen LogP contribution in [0.5, 0.6) is 0 Å². The van der Waals surface area contributed by atoms with E-state index in [9.17, 15) is 19.0 Å². The molecular weight excluding hydrogens is 753 g/mol. The van der Waals surface area contributed by atoms with Crippen molar-refractivity contribution in [1.82, 2.24) is 0 Å². The van der Waals surface area contributed by atoms with Gasteiger partial charge in [-0.25, -0.2) is 4.57 Å². The van der Waals surface area contributed by atoms with Gasteiger partial charge >= 0.3 is 19.8 Å². The first-order valence-electron chi connectivity index (χ1n) is 23.9. The molecule has 0 saturated carbocycles. The Labute approximate surface area is 355 Å².